The Kier molecular flexibility index (Phi) is 4.74. The molecule has 3 nitrogen and oxygen atoms in total. The second kappa shape index (κ2) is 6.53. The first-order valence-corrected chi connectivity index (χ1v) is 6.81. The van der Waals surface area contributed by atoms with Gasteiger partial charge in [-0.15, -0.1) is 0 Å². The summed E-state index contributed by atoms with van der Waals surface area (Å²) < 4.78 is 5.19. The molecule has 0 aromatic heterocycles. The number of hydrogen-bond acceptors (Lipinski definition) is 3. The first-order valence-electron chi connectivity index (χ1n) is 6.81. The zero-order valence-corrected chi connectivity index (χ0v) is 11.6. The Morgan fingerprint density at radius 3 is 2.79 bits per heavy atom. The maximum atomic E-state index is 12.1. The fourth-order valence-corrected chi connectivity index (χ4v) is 2.38. The van der Waals surface area contributed by atoms with Gasteiger partial charge in [-0.25, -0.2) is 0 Å². The van der Waals surface area contributed by atoms with Crippen molar-refractivity contribution < 1.29 is 9.53 Å². The second-order valence-electron chi connectivity index (χ2n) is 4.94. The monoisotopic (exact) mass is 259 g/mol. The second-order valence-corrected chi connectivity index (χ2v) is 4.94. The van der Waals surface area contributed by atoms with E-state index in [1.54, 1.807) is 0 Å². The van der Waals surface area contributed by atoms with Gasteiger partial charge in [0.25, 0.3) is 0 Å². The molecule has 0 bridgehead atoms. The van der Waals surface area contributed by atoms with Crippen LogP contribution in [0.25, 0.3) is 0 Å². The summed E-state index contributed by atoms with van der Waals surface area (Å²) in [6.07, 6.45) is 2.96. The Hall–Kier alpha value is -1.61. The molecule has 0 N–H and O–H groups in total. The van der Waals surface area contributed by atoms with Gasteiger partial charge in [0, 0.05) is 13.1 Å². The van der Waals surface area contributed by atoms with Gasteiger partial charge in [0.2, 0.25) is 0 Å². The molecule has 1 aromatic rings. The van der Waals surface area contributed by atoms with E-state index in [0.717, 1.165) is 19.5 Å². The normalized spacial score (nSPS) is 19.9. The smallest absolute Gasteiger partial charge is 0.323 e. The van der Waals surface area contributed by atoms with Gasteiger partial charge in [-0.05, 0) is 25.8 Å². The molecule has 0 amide bonds. The van der Waals surface area contributed by atoms with E-state index >= 15 is 0 Å². The Morgan fingerprint density at radius 1 is 1.37 bits per heavy atom. The predicted molar refractivity (Wildman–Crippen MR) is 75.6 cm³/mol. The molecule has 0 radical (unpaired) electrons. The van der Waals surface area contributed by atoms with Crippen LogP contribution in [0.4, 0.5) is 0 Å². The quantitative estimate of drug-likeness (QED) is 0.615. The van der Waals surface area contributed by atoms with Crippen molar-refractivity contribution in [1.29, 1.82) is 0 Å². The van der Waals surface area contributed by atoms with Gasteiger partial charge in [-0.1, -0.05) is 42.0 Å². The van der Waals surface area contributed by atoms with E-state index < -0.39 is 0 Å². The topological polar surface area (TPSA) is 29.5 Å². The largest absolute Gasteiger partial charge is 0.465 e. The highest BCUT2D eigenvalue weighted by Crippen LogP contribution is 2.21. The molecule has 2 rings (SSSR count). The third kappa shape index (κ3) is 3.67. The molecule has 0 saturated heterocycles. The van der Waals surface area contributed by atoms with Crippen molar-refractivity contribution in [1.82, 2.24) is 4.90 Å². The minimum Gasteiger partial charge on any atom is -0.465 e. The fraction of sp³-hybridized carbons (Fsp3) is 0.438. The molecular formula is C16H21NO2. The van der Waals surface area contributed by atoms with Gasteiger partial charge < -0.3 is 4.74 Å². The Balaban J connectivity index is 2.10. The standard InChI is InChI=1S/C16H21NO2/c1-3-19-16(18)15-11-13(2)9-10-17(15)12-14-7-5-4-6-8-14/h4-9,15H,3,10-12H2,1-2H3/t15-/m1/s1. The lowest BCUT2D eigenvalue weighted by atomic mass is 10.0. The maximum Gasteiger partial charge on any atom is 0.323 e. The summed E-state index contributed by atoms with van der Waals surface area (Å²) in [5.41, 5.74) is 2.49. The van der Waals surface area contributed by atoms with Gasteiger partial charge in [0.1, 0.15) is 6.04 Å². The summed E-state index contributed by atoms with van der Waals surface area (Å²) in [7, 11) is 0. The summed E-state index contributed by atoms with van der Waals surface area (Å²) in [6, 6.07) is 10.1. The number of benzene rings is 1. The molecule has 1 aliphatic heterocycles. The molecular weight excluding hydrogens is 238 g/mol. The molecule has 19 heavy (non-hydrogen) atoms. The summed E-state index contributed by atoms with van der Waals surface area (Å²) in [6.45, 7) is 5.96. The minimum atomic E-state index is -0.148. The number of rotatable bonds is 4. The van der Waals surface area contributed by atoms with Crippen LogP contribution < -0.4 is 0 Å². The molecule has 0 aliphatic carbocycles. The van der Waals surface area contributed by atoms with Crippen LogP contribution >= 0.6 is 0 Å². The van der Waals surface area contributed by atoms with Crippen LogP contribution in [0.3, 0.4) is 0 Å². The van der Waals surface area contributed by atoms with E-state index in [2.05, 4.69) is 30.0 Å². The number of carbonyl (C=O) groups is 1. The average molecular weight is 259 g/mol. The van der Waals surface area contributed by atoms with Gasteiger partial charge in [0.05, 0.1) is 6.61 Å². The van der Waals surface area contributed by atoms with Crippen molar-refractivity contribution in [2.24, 2.45) is 0 Å². The van der Waals surface area contributed by atoms with Crippen LogP contribution in [0.2, 0.25) is 0 Å². The molecule has 0 unspecified atom stereocenters. The molecule has 1 heterocycles. The van der Waals surface area contributed by atoms with Gasteiger partial charge >= 0.3 is 5.97 Å². The molecule has 1 aromatic carbocycles. The first-order chi connectivity index (χ1) is 9.20. The predicted octanol–water partition coefficient (Wildman–Crippen LogP) is 2.77. The summed E-state index contributed by atoms with van der Waals surface area (Å²) in [5, 5.41) is 0. The highest BCUT2D eigenvalue weighted by molar-refractivity contribution is 5.76. The Labute approximate surface area is 114 Å². The van der Waals surface area contributed by atoms with Crippen molar-refractivity contribution in [2.75, 3.05) is 13.2 Å². The van der Waals surface area contributed by atoms with Crippen LogP contribution in [0.5, 0.6) is 0 Å². The fourth-order valence-electron chi connectivity index (χ4n) is 2.38. The molecule has 0 spiro atoms. The van der Waals surface area contributed by atoms with E-state index in [1.807, 2.05) is 25.1 Å². The van der Waals surface area contributed by atoms with E-state index in [9.17, 15) is 4.79 Å². The van der Waals surface area contributed by atoms with Crippen molar-refractivity contribution in [3.05, 3.63) is 47.5 Å². The lowest BCUT2D eigenvalue weighted by Gasteiger charge is -2.33. The van der Waals surface area contributed by atoms with Crippen LogP contribution in [-0.2, 0) is 16.1 Å². The summed E-state index contributed by atoms with van der Waals surface area (Å²) in [4.78, 5) is 14.2. The van der Waals surface area contributed by atoms with Gasteiger partial charge in [-0.2, -0.15) is 0 Å². The van der Waals surface area contributed by atoms with Gasteiger partial charge in [0.15, 0.2) is 0 Å². The number of nitrogens with zero attached hydrogens (tertiary/aromatic N) is 1. The number of esters is 1. The van der Waals surface area contributed by atoms with E-state index in [4.69, 9.17) is 4.74 Å². The SMILES string of the molecule is CCOC(=O)[C@H]1CC(C)=CCN1Cc1ccccc1. The number of hydrogen-bond donors (Lipinski definition) is 0. The van der Waals surface area contributed by atoms with E-state index in [0.29, 0.717) is 6.61 Å². The van der Waals surface area contributed by atoms with Crippen LogP contribution in [0.15, 0.2) is 42.0 Å². The summed E-state index contributed by atoms with van der Waals surface area (Å²) in [5.74, 6) is -0.106. The van der Waals surface area contributed by atoms with E-state index in [-0.39, 0.29) is 12.0 Å². The number of carbonyl (C=O) groups excluding carboxylic acids is 1. The Morgan fingerprint density at radius 2 is 2.11 bits per heavy atom. The van der Waals surface area contributed by atoms with Crippen LogP contribution in [0, 0.1) is 0 Å². The zero-order valence-electron chi connectivity index (χ0n) is 11.6. The van der Waals surface area contributed by atoms with E-state index in [1.165, 1.54) is 11.1 Å². The highest BCUT2D eigenvalue weighted by atomic mass is 16.5. The average Bonchev–Trinajstić information content (AvgIpc) is 2.42. The highest BCUT2D eigenvalue weighted by Gasteiger charge is 2.29. The maximum absolute atomic E-state index is 12.1. The minimum absolute atomic E-state index is 0.106. The van der Waals surface area contributed by atoms with Crippen molar-refractivity contribution in [3.63, 3.8) is 0 Å². The first kappa shape index (κ1) is 13.8. The van der Waals surface area contributed by atoms with Crippen molar-refractivity contribution in [3.8, 4) is 0 Å². The lowest BCUT2D eigenvalue weighted by molar-refractivity contribution is -0.149. The molecule has 0 fully saturated rings. The molecule has 1 aliphatic rings. The lowest BCUT2D eigenvalue weighted by Crippen LogP contribution is -2.44. The molecule has 0 saturated carbocycles. The van der Waals surface area contributed by atoms with Crippen molar-refractivity contribution >= 4 is 5.97 Å². The number of ether oxygens (including phenoxy) is 1. The molecule has 1 atom stereocenters. The Bertz CT molecular complexity index is 453. The third-order valence-electron chi connectivity index (χ3n) is 3.42. The van der Waals surface area contributed by atoms with Crippen LogP contribution in [-0.4, -0.2) is 30.1 Å². The summed E-state index contributed by atoms with van der Waals surface area (Å²) >= 11 is 0. The third-order valence-corrected chi connectivity index (χ3v) is 3.42. The van der Waals surface area contributed by atoms with Crippen LogP contribution in [0.1, 0.15) is 25.8 Å². The molecule has 102 valence electrons. The van der Waals surface area contributed by atoms with Gasteiger partial charge in [-0.3, -0.25) is 9.69 Å². The molecule has 3 heteroatoms. The van der Waals surface area contributed by atoms with Crippen molar-refractivity contribution in [2.45, 2.75) is 32.9 Å². The zero-order chi connectivity index (χ0) is 13.7.